The first-order chi connectivity index (χ1) is 26.7. The number of rotatable bonds is 6. The molecule has 0 unspecified atom stereocenters. The summed E-state index contributed by atoms with van der Waals surface area (Å²) in [5, 5.41) is 5.93. The summed E-state index contributed by atoms with van der Waals surface area (Å²) >= 11 is 0. The first-order valence-corrected chi connectivity index (χ1v) is 18.3. The van der Waals surface area contributed by atoms with Gasteiger partial charge in [0.2, 0.25) is 0 Å². The standard InChI is InChI=1S/C51H33N3/c1-2-12-34(13-3-1)35-23-27-38(28-24-35)50-46-18-8-9-20-49(46)53-51(54-50)42-31-40(36-21-25-37(26-22-36)48-19-10-11-29-52-48)30-41(32-42)47-33-39-14-4-5-15-43(39)44-16-6-7-17-45(44)47/h1-33H. The molecule has 0 aliphatic rings. The third-order valence-corrected chi connectivity index (χ3v) is 10.3. The molecule has 10 aromatic rings. The lowest BCUT2D eigenvalue weighted by Crippen LogP contribution is -1.96. The Morgan fingerprint density at radius 2 is 0.889 bits per heavy atom. The maximum Gasteiger partial charge on any atom is 0.160 e. The van der Waals surface area contributed by atoms with Gasteiger partial charge in [-0.3, -0.25) is 4.98 Å². The molecule has 2 aromatic heterocycles. The van der Waals surface area contributed by atoms with Gasteiger partial charge < -0.3 is 0 Å². The van der Waals surface area contributed by atoms with Gasteiger partial charge in [0.15, 0.2) is 5.82 Å². The Labute approximate surface area is 313 Å². The molecule has 0 spiro atoms. The van der Waals surface area contributed by atoms with Crippen LogP contribution in [-0.4, -0.2) is 15.0 Å². The molecule has 0 fully saturated rings. The summed E-state index contributed by atoms with van der Waals surface area (Å²) < 4.78 is 0. The smallest absolute Gasteiger partial charge is 0.160 e. The molecule has 0 radical (unpaired) electrons. The van der Waals surface area contributed by atoms with Crippen LogP contribution in [0.2, 0.25) is 0 Å². The maximum atomic E-state index is 5.36. The van der Waals surface area contributed by atoms with E-state index in [9.17, 15) is 0 Å². The fourth-order valence-electron chi connectivity index (χ4n) is 7.62. The van der Waals surface area contributed by atoms with Crippen molar-refractivity contribution in [1.29, 1.82) is 0 Å². The van der Waals surface area contributed by atoms with Crippen molar-refractivity contribution in [2.45, 2.75) is 0 Å². The summed E-state index contributed by atoms with van der Waals surface area (Å²) in [4.78, 5) is 15.1. The number of para-hydroxylation sites is 1. The van der Waals surface area contributed by atoms with E-state index in [1.807, 2.05) is 36.5 Å². The first kappa shape index (κ1) is 31.5. The van der Waals surface area contributed by atoms with E-state index >= 15 is 0 Å². The molecule has 252 valence electrons. The number of benzene rings is 8. The predicted molar refractivity (Wildman–Crippen MR) is 225 cm³/mol. The highest BCUT2D eigenvalue weighted by molar-refractivity contribution is 6.14. The monoisotopic (exact) mass is 687 g/mol. The second-order valence-corrected chi connectivity index (χ2v) is 13.6. The SMILES string of the molecule is c1ccc(-c2ccc(-c3nc(-c4cc(-c5ccc(-c6ccccn6)cc5)cc(-c5cc6ccccc6c6ccccc56)c4)nc4ccccc34)cc2)cc1. The zero-order valence-electron chi connectivity index (χ0n) is 29.4. The van der Waals surface area contributed by atoms with Gasteiger partial charge in [0.05, 0.1) is 16.9 Å². The van der Waals surface area contributed by atoms with E-state index in [2.05, 4.69) is 169 Å². The van der Waals surface area contributed by atoms with Crippen LogP contribution in [0.3, 0.4) is 0 Å². The number of aromatic nitrogens is 3. The van der Waals surface area contributed by atoms with Gasteiger partial charge in [0.25, 0.3) is 0 Å². The summed E-state index contributed by atoms with van der Waals surface area (Å²) in [7, 11) is 0. The maximum absolute atomic E-state index is 5.36. The lowest BCUT2D eigenvalue weighted by Gasteiger charge is -2.15. The molecule has 0 bridgehead atoms. The molecular weight excluding hydrogens is 655 g/mol. The molecular formula is C51H33N3. The molecule has 3 nitrogen and oxygen atoms in total. The van der Waals surface area contributed by atoms with Crippen molar-refractivity contribution in [2.24, 2.45) is 0 Å². The second-order valence-electron chi connectivity index (χ2n) is 13.6. The Bertz CT molecular complexity index is 2950. The fourth-order valence-corrected chi connectivity index (χ4v) is 7.62. The van der Waals surface area contributed by atoms with Gasteiger partial charge in [-0.2, -0.15) is 0 Å². The van der Waals surface area contributed by atoms with Crippen molar-refractivity contribution in [1.82, 2.24) is 15.0 Å². The Morgan fingerprint density at radius 1 is 0.315 bits per heavy atom. The summed E-state index contributed by atoms with van der Waals surface area (Å²) in [6, 6.07) is 68.7. The van der Waals surface area contributed by atoms with Crippen molar-refractivity contribution in [3.05, 3.63) is 200 Å². The molecule has 0 atom stereocenters. The summed E-state index contributed by atoms with van der Waals surface area (Å²) in [6.07, 6.45) is 1.84. The number of pyridine rings is 1. The summed E-state index contributed by atoms with van der Waals surface area (Å²) in [5.74, 6) is 0.689. The van der Waals surface area contributed by atoms with Crippen molar-refractivity contribution in [2.75, 3.05) is 0 Å². The Kier molecular flexibility index (Phi) is 7.81. The number of fused-ring (bicyclic) bond motifs is 4. The number of nitrogens with zero attached hydrogens (tertiary/aromatic N) is 3. The van der Waals surface area contributed by atoms with Crippen LogP contribution in [0.25, 0.3) is 99.7 Å². The molecule has 0 amide bonds. The Balaban J connectivity index is 1.17. The van der Waals surface area contributed by atoms with Crippen LogP contribution in [0.15, 0.2) is 200 Å². The Hall–Kier alpha value is -7.23. The van der Waals surface area contributed by atoms with Crippen LogP contribution in [0.4, 0.5) is 0 Å². The van der Waals surface area contributed by atoms with Crippen molar-refractivity contribution in [3.63, 3.8) is 0 Å². The molecule has 0 aliphatic carbocycles. The third-order valence-electron chi connectivity index (χ3n) is 10.3. The molecule has 3 heteroatoms. The summed E-state index contributed by atoms with van der Waals surface area (Å²) in [5.41, 5.74) is 12.7. The van der Waals surface area contributed by atoms with Crippen molar-refractivity contribution in [3.8, 4) is 67.3 Å². The van der Waals surface area contributed by atoms with E-state index in [-0.39, 0.29) is 0 Å². The zero-order chi connectivity index (χ0) is 35.8. The largest absolute Gasteiger partial charge is 0.256 e. The summed E-state index contributed by atoms with van der Waals surface area (Å²) in [6.45, 7) is 0. The van der Waals surface area contributed by atoms with E-state index in [0.29, 0.717) is 5.82 Å². The van der Waals surface area contributed by atoms with E-state index in [1.54, 1.807) is 0 Å². The van der Waals surface area contributed by atoms with Gasteiger partial charge in [-0.1, -0.05) is 152 Å². The quantitative estimate of drug-likeness (QED) is 0.163. The van der Waals surface area contributed by atoms with Gasteiger partial charge in [-0.25, -0.2) is 9.97 Å². The number of hydrogen-bond acceptors (Lipinski definition) is 3. The molecule has 0 saturated carbocycles. The normalized spacial score (nSPS) is 11.3. The molecule has 0 aliphatic heterocycles. The highest BCUT2D eigenvalue weighted by Gasteiger charge is 2.16. The lowest BCUT2D eigenvalue weighted by molar-refractivity contribution is 1.23. The molecule has 10 rings (SSSR count). The molecule has 54 heavy (non-hydrogen) atoms. The van der Waals surface area contributed by atoms with Crippen LogP contribution in [0.5, 0.6) is 0 Å². The zero-order valence-corrected chi connectivity index (χ0v) is 29.4. The first-order valence-electron chi connectivity index (χ1n) is 18.3. The van der Waals surface area contributed by atoms with Crippen LogP contribution < -0.4 is 0 Å². The molecule has 2 heterocycles. The van der Waals surface area contributed by atoms with Gasteiger partial charge >= 0.3 is 0 Å². The van der Waals surface area contributed by atoms with Crippen molar-refractivity contribution >= 4 is 32.4 Å². The van der Waals surface area contributed by atoms with Crippen molar-refractivity contribution < 1.29 is 0 Å². The van der Waals surface area contributed by atoms with Crippen LogP contribution in [0, 0.1) is 0 Å². The molecule has 0 N–H and O–H groups in total. The second kappa shape index (κ2) is 13.4. The van der Waals surface area contributed by atoms with Gasteiger partial charge in [0.1, 0.15) is 0 Å². The van der Waals surface area contributed by atoms with E-state index in [1.165, 1.54) is 38.2 Å². The minimum atomic E-state index is 0.689. The third kappa shape index (κ3) is 5.78. The highest BCUT2D eigenvalue weighted by Crippen LogP contribution is 2.40. The van der Waals surface area contributed by atoms with Gasteiger partial charge in [-0.15, -0.1) is 0 Å². The van der Waals surface area contributed by atoms with Crippen LogP contribution in [0.1, 0.15) is 0 Å². The molecule has 0 saturated heterocycles. The van der Waals surface area contributed by atoms with E-state index in [4.69, 9.17) is 9.97 Å². The van der Waals surface area contributed by atoms with Gasteiger partial charge in [0, 0.05) is 28.3 Å². The van der Waals surface area contributed by atoms with Crippen LogP contribution in [-0.2, 0) is 0 Å². The van der Waals surface area contributed by atoms with Crippen LogP contribution >= 0.6 is 0 Å². The number of hydrogen-bond donors (Lipinski definition) is 0. The van der Waals surface area contributed by atoms with E-state index < -0.39 is 0 Å². The average molecular weight is 688 g/mol. The van der Waals surface area contributed by atoms with Gasteiger partial charge in [-0.05, 0) is 97.4 Å². The minimum absolute atomic E-state index is 0.689. The van der Waals surface area contributed by atoms with E-state index in [0.717, 1.165) is 55.7 Å². The Morgan fingerprint density at radius 3 is 1.67 bits per heavy atom. The highest BCUT2D eigenvalue weighted by atomic mass is 14.9. The predicted octanol–water partition coefficient (Wildman–Crippen LogP) is 13.3. The fraction of sp³-hybridized carbons (Fsp3) is 0. The minimum Gasteiger partial charge on any atom is -0.256 e. The lowest BCUT2D eigenvalue weighted by atomic mass is 9.90. The average Bonchev–Trinajstić information content (AvgIpc) is 3.26. The molecule has 8 aromatic carbocycles. The topological polar surface area (TPSA) is 38.7 Å².